The predicted octanol–water partition coefficient (Wildman–Crippen LogP) is 1.99. The van der Waals surface area contributed by atoms with Gasteiger partial charge in [0.1, 0.15) is 0 Å². The molecule has 112 valence electrons. The Kier molecular flexibility index (Phi) is 4.11. The third-order valence-corrected chi connectivity index (χ3v) is 3.18. The largest absolute Gasteiger partial charge is 0.350 e. The first-order valence-electron chi connectivity index (χ1n) is 6.99. The van der Waals surface area contributed by atoms with Gasteiger partial charge in [0.05, 0.1) is 17.6 Å². The van der Waals surface area contributed by atoms with E-state index < -0.39 is 0 Å². The van der Waals surface area contributed by atoms with Crippen LogP contribution in [0.15, 0.2) is 29.1 Å². The molecule has 1 aromatic carbocycles. The number of amides is 1. The van der Waals surface area contributed by atoms with Crippen LogP contribution in [0.25, 0.3) is 10.8 Å². The highest BCUT2D eigenvalue weighted by Gasteiger charge is 2.16. The summed E-state index contributed by atoms with van der Waals surface area (Å²) in [5.41, 5.74) is 0.522. The van der Waals surface area contributed by atoms with E-state index in [2.05, 4.69) is 10.4 Å². The molecule has 0 fully saturated rings. The summed E-state index contributed by atoms with van der Waals surface area (Å²) in [6.45, 7) is 6.38. The van der Waals surface area contributed by atoms with Crippen molar-refractivity contribution in [2.24, 2.45) is 12.5 Å². The quantitative estimate of drug-likeness (QED) is 0.939. The molecular weight excluding hydrogens is 266 g/mol. The Bertz CT molecular complexity index is 726. The van der Waals surface area contributed by atoms with Gasteiger partial charge in [-0.3, -0.25) is 9.59 Å². The molecule has 2 rings (SSSR count). The molecule has 21 heavy (non-hydrogen) atoms. The first-order chi connectivity index (χ1) is 9.78. The number of nitrogens with one attached hydrogen (secondary N) is 1. The minimum absolute atomic E-state index is 0.0118. The number of aromatic nitrogens is 2. The Morgan fingerprint density at radius 1 is 1.24 bits per heavy atom. The van der Waals surface area contributed by atoms with Gasteiger partial charge in [0, 0.05) is 18.9 Å². The van der Waals surface area contributed by atoms with Gasteiger partial charge in [0.25, 0.3) is 5.56 Å². The Morgan fingerprint density at radius 3 is 2.48 bits per heavy atom. The molecule has 0 aliphatic rings. The van der Waals surface area contributed by atoms with Gasteiger partial charge in [0.2, 0.25) is 5.91 Å². The number of hydrogen-bond acceptors (Lipinski definition) is 3. The van der Waals surface area contributed by atoms with Crippen molar-refractivity contribution in [3.05, 3.63) is 40.3 Å². The van der Waals surface area contributed by atoms with Crippen molar-refractivity contribution in [2.75, 3.05) is 0 Å². The number of hydrogen-bond donors (Lipinski definition) is 1. The van der Waals surface area contributed by atoms with E-state index in [1.165, 1.54) is 4.68 Å². The molecule has 1 N–H and O–H groups in total. The van der Waals surface area contributed by atoms with Gasteiger partial charge in [0.15, 0.2) is 0 Å². The van der Waals surface area contributed by atoms with E-state index in [4.69, 9.17) is 0 Å². The molecule has 0 radical (unpaired) electrons. The van der Waals surface area contributed by atoms with Crippen molar-refractivity contribution in [2.45, 2.75) is 33.7 Å². The maximum atomic E-state index is 12.0. The fraction of sp³-hybridized carbons (Fsp3) is 0.438. The number of benzene rings is 1. The highest BCUT2D eigenvalue weighted by molar-refractivity contribution is 5.84. The lowest BCUT2D eigenvalue weighted by atomic mass is 9.92. The van der Waals surface area contributed by atoms with E-state index in [1.807, 2.05) is 39.0 Å². The van der Waals surface area contributed by atoms with Crippen LogP contribution in [0.5, 0.6) is 0 Å². The van der Waals surface area contributed by atoms with Gasteiger partial charge < -0.3 is 5.32 Å². The summed E-state index contributed by atoms with van der Waals surface area (Å²) in [7, 11) is 1.62. The summed E-state index contributed by atoms with van der Waals surface area (Å²) >= 11 is 0. The summed E-state index contributed by atoms with van der Waals surface area (Å²) in [4.78, 5) is 23.9. The summed E-state index contributed by atoms with van der Waals surface area (Å²) in [6.07, 6.45) is 0.455. The van der Waals surface area contributed by atoms with Crippen LogP contribution in [0.4, 0.5) is 0 Å². The summed E-state index contributed by atoms with van der Waals surface area (Å²) < 4.78 is 1.31. The number of aryl methyl sites for hydroxylation is 1. The molecule has 0 spiro atoms. The van der Waals surface area contributed by atoms with Crippen molar-refractivity contribution in [3.8, 4) is 0 Å². The molecule has 0 unspecified atom stereocenters. The second kappa shape index (κ2) is 5.68. The highest BCUT2D eigenvalue weighted by Crippen LogP contribution is 2.18. The average molecular weight is 287 g/mol. The van der Waals surface area contributed by atoms with Crippen LogP contribution < -0.4 is 10.9 Å². The number of carbonyl (C=O) groups excluding carboxylic acids is 1. The molecule has 1 aromatic heterocycles. The SMILES string of the molecule is Cn1nc(CNC(=O)CC(C)(C)C)c2ccccc2c1=O. The van der Waals surface area contributed by atoms with E-state index >= 15 is 0 Å². The van der Waals surface area contributed by atoms with Crippen molar-refractivity contribution in [3.63, 3.8) is 0 Å². The minimum Gasteiger partial charge on any atom is -0.350 e. The third-order valence-electron chi connectivity index (χ3n) is 3.18. The van der Waals surface area contributed by atoms with Gasteiger partial charge in [-0.2, -0.15) is 5.10 Å². The van der Waals surface area contributed by atoms with Crippen LogP contribution in [-0.4, -0.2) is 15.7 Å². The topological polar surface area (TPSA) is 64.0 Å². The van der Waals surface area contributed by atoms with Crippen LogP contribution in [0.3, 0.4) is 0 Å². The average Bonchev–Trinajstić information content (AvgIpc) is 2.39. The maximum Gasteiger partial charge on any atom is 0.274 e. The summed E-state index contributed by atoms with van der Waals surface area (Å²) in [6, 6.07) is 7.32. The molecular formula is C16H21N3O2. The second-order valence-corrected chi connectivity index (χ2v) is 6.44. The van der Waals surface area contributed by atoms with Crippen LogP contribution in [-0.2, 0) is 18.4 Å². The second-order valence-electron chi connectivity index (χ2n) is 6.44. The zero-order valence-electron chi connectivity index (χ0n) is 12.9. The Balaban J connectivity index is 2.25. The maximum absolute atomic E-state index is 12.0. The number of rotatable bonds is 3. The lowest BCUT2D eigenvalue weighted by Crippen LogP contribution is -2.29. The Labute approximate surface area is 124 Å². The van der Waals surface area contributed by atoms with Gasteiger partial charge in [-0.05, 0) is 11.5 Å². The van der Waals surface area contributed by atoms with E-state index in [0.717, 1.165) is 5.39 Å². The Morgan fingerprint density at radius 2 is 1.86 bits per heavy atom. The molecule has 1 amide bonds. The van der Waals surface area contributed by atoms with E-state index in [1.54, 1.807) is 13.1 Å². The molecule has 0 atom stereocenters. The first-order valence-corrected chi connectivity index (χ1v) is 6.99. The molecule has 5 nitrogen and oxygen atoms in total. The van der Waals surface area contributed by atoms with Crippen LogP contribution >= 0.6 is 0 Å². The van der Waals surface area contributed by atoms with Crippen LogP contribution in [0.1, 0.15) is 32.9 Å². The zero-order valence-corrected chi connectivity index (χ0v) is 12.9. The summed E-state index contributed by atoms with van der Waals surface area (Å²) in [5, 5.41) is 8.55. The molecule has 0 saturated carbocycles. The molecule has 5 heteroatoms. The lowest BCUT2D eigenvalue weighted by molar-refractivity contribution is -0.122. The predicted molar refractivity (Wildman–Crippen MR) is 82.9 cm³/mol. The van der Waals surface area contributed by atoms with Crippen molar-refractivity contribution >= 4 is 16.7 Å². The van der Waals surface area contributed by atoms with E-state index in [0.29, 0.717) is 24.0 Å². The standard InChI is InChI=1S/C16H21N3O2/c1-16(2,3)9-14(20)17-10-13-11-7-5-6-8-12(11)15(21)19(4)18-13/h5-8H,9-10H2,1-4H3,(H,17,20). The number of carbonyl (C=O) groups is 1. The van der Waals surface area contributed by atoms with Gasteiger partial charge in [-0.25, -0.2) is 4.68 Å². The number of fused-ring (bicyclic) bond motifs is 1. The van der Waals surface area contributed by atoms with Gasteiger partial charge in [-0.1, -0.05) is 39.0 Å². The van der Waals surface area contributed by atoms with Crippen LogP contribution in [0.2, 0.25) is 0 Å². The smallest absolute Gasteiger partial charge is 0.274 e. The normalized spacial score (nSPS) is 11.6. The van der Waals surface area contributed by atoms with Crippen molar-refractivity contribution < 1.29 is 4.79 Å². The Hall–Kier alpha value is -2.17. The highest BCUT2D eigenvalue weighted by atomic mass is 16.1. The molecule has 2 aromatic rings. The molecule has 0 bridgehead atoms. The lowest BCUT2D eigenvalue weighted by Gasteiger charge is -2.17. The van der Waals surface area contributed by atoms with Crippen LogP contribution in [0, 0.1) is 5.41 Å². The van der Waals surface area contributed by atoms with Crippen molar-refractivity contribution in [1.29, 1.82) is 0 Å². The van der Waals surface area contributed by atoms with Gasteiger partial charge >= 0.3 is 0 Å². The first kappa shape index (κ1) is 15.2. The number of nitrogens with zero attached hydrogens (tertiary/aromatic N) is 2. The molecule has 0 aliphatic carbocycles. The fourth-order valence-electron chi connectivity index (χ4n) is 2.23. The van der Waals surface area contributed by atoms with Gasteiger partial charge in [-0.15, -0.1) is 0 Å². The minimum atomic E-state index is -0.129. The fourth-order valence-corrected chi connectivity index (χ4v) is 2.23. The third kappa shape index (κ3) is 3.68. The molecule has 0 saturated heterocycles. The summed E-state index contributed by atoms with van der Waals surface area (Å²) in [5.74, 6) is -0.0118. The molecule has 0 aliphatic heterocycles. The van der Waals surface area contributed by atoms with E-state index in [9.17, 15) is 9.59 Å². The van der Waals surface area contributed by atoms with Crippen molar-refractivity contribution in [1.82, 2.24) is 15.1 Å². The zero-order chi connectivity index (χ0) is 15.6. The monoisotopic (exact) mass is 287 g/mol. The van der Waals surface area contributed by atoms with E-state index in [-0.39, 0.29) is 16.9 Å². The molecule has 1 heterocycles.